The van der Waals surface area contributed by atoms with E-state index in [4.69, 9.17) is 33.3 Å². The van der Waals surface area contributed by atoms with Gasteiger partial charge in [-0.1, -0.05) is 38.0 Å². The van der Waals surface area contributed by atoms with Crippen molar-refractivity contribution >= 4 is 7.82 Å². The van der Waals surface area contributed by atoms with Gasteiger partial charge in [-0.2, -0.15) is 0 Å². The van der Waals surface area contributed by atoms with Crippen molar-refractivity contribution in [1.29, 1.82) is 0 Å². The molecule has 2 N–H and O–H groups in total. The van der Waals surface area contributed by atoms with Crippen LogP contribution in [0.5, 0.6) is 5.75 Å². The number of benzene rings is 1. The van der Waals surface area contributed by atoms with Crippen LogP contribution in [-0.4, -0.2) is 62.1 Å². The van der Waals surface area contributed by atoms with Crippen LogP contribution in [0.15, 0.2) is 30.3 Å². The summed E-state index contributed by atoms with van der Waals surface area (Å²) in [6.45, 7) is 4.68. The molecule has 1 atom stereocenters. The van der Waals surface area contributed by atoms with Crippen LogP contribution in [0.1, 0.15) is 26.2 Å². The average molecular weight is 406 g/mol. The second-order valence-corrected chi connectivity index (χ2v) is 7.01. The Kier molecular flexibility index (Phi) is 13.4. The van der Waals surface area contributed by atoms with Gasteiger partial charge in [0.1, 0.15) is 12.4 Å². The minimum atomic E-state index is -4.50. The molecule has 0 aromatic heterocycles. The largest absolute Gasteiger partial charge is 0.491 e. The van der Waals surface area contributed by atoms with Gasteiger partial charge in [0.25, 0.3) is 0 Å². The summed E-state index contributed by atoms with van der Waals surface area (Å²) in [6.07, 6.45) is 1.66. The van der Waals surface area contributed by atoms with E-state index in [1.54, 1.807) is 0 Å². The Balaban J connectivity index is 1.94. The number of rotatable bonds is 17. The summed E-state index contributed by atoms with van der Waals surface area (Å²) in [4.78, 5) is 17.8. The third kappa shape index (κ3) is 14.7. The molecule has 0 amide bonds. The maximum Gasteiger partial charge on any atom is 0.469 e. The van der Waals surface area contributed by atoms with Gasteiger partial charge in [0.15, 0.2) is 0 Å². The first-order valence-corrected chi connectivity index (χ1v) is 10.7. The molecule has 1 aromatic rings. The van der Waals surface area contributed by atoms with Gasteiger partial charge in [-0.3, -0.25) is 4.52 Å². The van der Waals surface area contributed by atoms with Gasteiger partial charge in [-0.25, -0.2) is 4.57 Å². The molecule has 0 radical (unpaired) electrons. The van der Waals surface area contributed by atoms with Crippen molar-refractivity contribution < 1.29 is 37.8 Å². The zero-order valence-corrected chi connectivity index (χ0v) is 16.7. The molecule has 0 fully saturated rings. The predicted molar refractivity (Wildman–Crippen MR) is 101 cm³/mol. The second kappa shape index (κ2) is 15.0. The quantitative estimate of drug-likeness (QED) is 0.301. The van der Waals surface area contributed by atoms with Crippen LogP contribution in [0.2, 0.25) is 0 Å². The van der Waals surface area contributed by atoms with Gasteiger partial charge in [-0.15, -0.1) is 0 Å². The topological polar surface area (TPSA) is 104 Å². The van der Waals surface area contributed by atoms with Crippen LogP contribution in [0.3, 0.4) is 0 Å². The summed E-state index contributed by atoms with van der Waals surface area (Å²) in [7, 11) is -4.50. The summed E-state index contributed by atoms with van der Waals surface area (Å²) >= 11 is 0. The van der Waals surface area contributed by atoms with Crippen molar-refractivity contribution in [1.82, 2.24) is 0 Å². The monoisotopic (exact) mass is 406 g/mol. The summed E-state index contributed by atoms with van der Waals surface area (Å²) in [5.41, 5.74) is 0. The van der Waals surface area contributed by atoms with E-state index in [9.17, 15) is 4.57 Å². The summed E-state index contributed by atoms with van der Waals surface area (Å²) in [5, 5.41) is 0. The van der Waals surface area contributed by atoms with E-state index >= 15 is 0 Å². The van der Waals surface area contributed by atoms with Gasteiger partial charge in [0.05, 0.1) is 45.7 Å². The number of phosphoric acid groups is 1. The Bertz CT molecular complexity index is 507. The zero-order chi connectivity index (χ0) is 19.8. The van der Waals surface area contributed by atoms with Crippen LogP contribution in [0, 0.1) is 0 Å². The molecule has 1 aromatic carbocycles. The highest BCUT2D eigenvalue weighted by Gasteiger charge is 2.21. The molecule has 0 heterocycles. The van der Waals surface area contributed by atoms with Crippen molar-refractivity contribution in [3.8, 4) is 5.75 Å². The Morgan fingerprint density at radius 1 is 0.926 bits per heavy atom. The van der Waals surface area contributed by atoms with E-state index in [0.717, 1.165) is 18.6 Å². The molecule has 1 rings (SSSR count). The van der Waals surface area contributed by atoms with Crippen LogP contribution in [0.25, 0.3) is 0 Å². The third-order valence-corrected chi connectivity index (χ3v) is 4.03. The van der Waals surface area contributed by atoms with Crippen molar-refractivity contribution in [2.45, 2.75) is 32.3 Å². The van der Waals surface area contributed by atoms with Gasteiger partial charge in [0, 0.05) is 0 Å². The molecule has 8 nitrogen and oxygen atoms in total. The summed E-state index contributed by atoms with van der Waals surface area (Å²) in [6, 6.07) is 9.54. The fourth-order valence-corrected chi connectivity index (χ4v) is 2.74. The summed E-state index contributed by atoms with van der Waals surface area (Å²) in [5.74, 6) is 0.814. The van der Waals surface area contributed by atoms with Crippen molar-refractivity contribution in [3.63, 3.8) is 0 Å². The van der Waals surface area contributed by atoms with Gasteiger partial charge in [-0.05, 0) is 18.6 Å². The van der Waals surface area contributed by atoms with Crippen molar-refractivity contribution in [2.75, 3.05) is 46.2 Å². The molecule has 0 aliphatic carbocycles. The maximum absolute atomic E-state index is 10.9. The number of hydrogen-bond acceptors (Lipinski definition) is 6. The third-order valence-electron chi connectivity index (χ3n) is 3.45. The Morgan fingerprint density at radius 2 is 1.52 bits per heavy atom. The molecule has 0 aliphatic heterocycles. The van der Waals surface area contributed by atoms with E-state index in [1.807, 2.05) is 37.3 Å². The Hall–Kier alpha value is -0.990. The molecule has 27 heavy (non-hydrogen) atoms. The van der Waals surface area contributed by atoms with Gasteiger partial charge < -0.3 is 28.7 Å². The first kappa shape index (κ1) is 24.0. The SMILES string of the molecule is CCCCC(COCCOCCOCCOc1ccccc1)OP(=O)(O)O. The first-order valence-electron chi connectivity index (χ1n) is 9.16. The van der Waals surface area contributed by atoms with Gasteiger partial charge in [0.2, 0.25) is 0 Å². The number of ether oxygens (including phenoxy) is 4. The number of hydrogen-bond donors (Lipinski definition) is 2. The lowest BCUT2D eigenvalue weighted by molar-refractivity contribution is -0.0135. The lowest BCUT2D eigenvalue weighted by Crippen LogP contribution is -2.20. The fourth-order valence-electron chi connectivity index (χ4n) is 2.18. The van der Waals surface area contributed by atoms with Crippen LogP contribution >= 0.6 is 7.82 Å². The molecular formula is C18H31O8P. The predicted octanol–water partition coefficient (Wildman–Crippen LogP) is 2.78. The van der Waals surface area contributed by atoms with Gasteiger partial charge >= 0.3 is 7.82 Å². The molecule has 0 saturated heterocycles. The molecular weight excluding hydrogens is 375 g/mol. The van der Waals surface area contributed by atoms with Crippen LogP contribution in [0.4, 0.5) is 0 Å². The minimum Gasteiger partial charge on any atom is -0.491 e. The van der Waals surface area contributed by atoms with E-state index in [0.29, 0.717) is 46.1 Å². The lowest BCUT2D eigenvalue weighted by atomic mass is 10.2. The molecule has 0 bridgehead atoms. The maximum atomic E-state index is 10.9. The van der Waals surface area contributed by atoms with Crippen LogP contribution in [-0.2, 0) is 23.3 Å². The number of para-hydroxylation sites is 1. The standard InChI is InChI=1S/C18H31O8P/c1-2-3-7-18(26-27(19,20)21)16-24-13-12-22-10-11-23-14-15-25-17-8-5-4-6-9-17/h4-6,8-9,18H,2-3,7,10-16H2,1H3,(H2,19,20,21). The van der Waals surface area contributed by atoms with E-state index in [1.165, 1.54) is 0 Å². The van der Waals surface area contributed by atoms with Crippen molar-refractivity contribution in [2.24, 2.45) is 0 Å². The molecule has 0 aliphatic rings. The number of phosphoric ester groups is 1. The highest BCUT2D eigenvalue weighted by atomic mass is 31.2. The molecule has 0 spiro atoms. The zero-order valence-electron chi connectivity index (χ0n) is 15.8. The minimum absolute atomic E-state index is 0.127. The second-order valence-electron chi connectivity index (χ2n) is 5.82. The lowest BCUT2D eigenvalue weighted by Gasteiger charge is -2.18. The average Bonchev–Trinajstić information content (AvgIpc) is 2.63. The molecule has 0 saturated carbocycles. The Labute approximate surface area is 161 Å². The number of unbranched alkanes of at least 4 members (excludes halogenated alkanes) is 1. The summed E-state index contributed by atoms with van der Waals surface area (Å²) < 4.78 is 37.3. The normalized spacial score (nSPS) is 12.9. The van der Waals surface area contributed by atoms with E-state index < -0.39 is 13.9 Å². The molecule has 156 valence electrons. The fraction of sp³-hybridized carbons (Fsp3) is 0.667. The Morgan fingerprint density at radius 3 is 2.11 bits per heavy atom. The van der Waals surface area contributed by atoms with E-state index in [2.05, 4.69) is 0 Å². The van der Waals surface area contributed by atoms with E-state index in [-0.39, 0.29) is 6.61 Å². The molecule has 9 heteroatoms. The van der Waals surface area contributed by atoms with Crippen LogP contribution < -0.4 is 4.74 Å². The first-order chi connectivity index (χ1) is 13.0. The molecule has 1 unspecified atom stereocenters. The highest BCUT2D eigenvalue weighted by molar-refractivity contribution is 7.46. The highest BCUT2D eigenvalue weighted by Crippen LogP contribution is 2.38. The smallest absolute Gasteiger partial charge is 0.469 e. The van der Waals surface area contributed by atoms with Crippen molar-refractivity contribution in [3.05, 3.63) is 30.3 Å².